The molecule has 1 fully saturated rings. The summed E-state index contributed by atoms with van der Waals surface area (Å²) >= 11 is 1.26. The van der Waals surface area contributed by atoms with Gasteiger partial charge in [-0.05, 0) is 12.1 Å². The van der Waals surface area contributed by atoms with E-state index in [0.717, 1.165) is 33.1 Å². The molecule has 0 radical (unpaired) electrons. The van der Waals surface area contributed by atoms with E-state index >= 15 is 0 Å². The molecule has 1 heterocycles. The maximum absolute atomic E-state index is 12.8. The smallest absolute Gasteiger partial charge is 0.255 e. The number of alkyl halides is 2. The molecule has 1 aromatic carbocycles. The van der Waals surface area contributed by atoms with E-state index in [4.69, 9.17) is 0 Å². The first-order valence-corrected chi connectivity index (χ1v) is 7.04. The Morgan fingerprint density at radius 2 is 1.72 bits per heavy atom. The fourth-order valence-corrected chi connectivity index (χ4v) is 2.75. The minimum atomic E-state index is -2.58. The van der Waals surface area contributed by atoms with Gasteiger partial charge in [0.15, 0.2) is 0 Å². The topological polar surface area (TPSA) is 6.48 Å². The van der Waals surface area contributed by atoms with Crippen molar-refractivity contribution in [1.82, 2.24) is 4.31 Å². The molecule has 2 nitrogen and oxygen atoms in total. The highest BCUT2D eigenvalue weighted by atomic mass is 32.2. The zero-order valence-corrected chi connectivity index (χ0v) is 11.3. The number of rotatable bonds is 4. The normalized spacial score (nSPS) is 18.1. The van der Waals surface area contributed by atoms with Gasteiger partial charge >= 0.3 is 0 Å². The van der Waals surface area contributed by atoms with Gasteiger partial charge in [0, 0.05) is 38.8 Å². The van der Waals surface area contributed by atoms with Crippen molar-refractivity contribution >= 4 is 17.6 Å². The van der Waals surface area contributed by atoms with Crippen molar-refractivity contribution in [3.8, 4) is 0 Å². The van der Waals surface area contributed by atoms with Gasteiger partial charge in [-0.25, -0.2) is 13.1 Å². The third-order valence-electron chi connectivity index (χ3n) is 2.86. The van der Waals surface area contributed by atoms with Crippen LogP contribution in [0.4, 0.5) is 14.5 Å². The Balaban J connectivity index is 1.78. The molecule has 0 aliphatic carbocycles. The molecule has 0 aromatic heterocycles. The van der Waals surface area contributed by atoms with Crippen molar-refractivity contribution < 1.29 is 8.78 Å². The van der Waals surface area contributed by atoms with E-state index in [1.165, 1.54) is 17.6 Å². The fourth-order valence-electron chi connectivity index (χ4n) is 1.92. The summed E-state index contributed by atoms with van der Waals surface area (Å²) in [4.78, 5) is 2.29. The van der Waals surface area contributed by atoms with Gasteiger partial charge in [0.25, 0.3) is 5.92 Å². The van der Waals surface area contributed by atoms with Crippen LogP contribution in [0, 0.1) is 0 Å². The fraction of sp³-hybridized carbons (Fsp3) is 0.538. The number of anilines is 1. The number of hydrogen-bond donors (Lipinski definition) is 0. The molecule has 0 amide bonds. The van der Waals surface area contributed by atoms with Crippen LogP contribution in [0.3, 0.4) is 0 Å². The van der Waals surface area contributed by atoms with E-state index in [1.807, 2.05) is 22.5 Å². The molecule has 1 saturated heterocycles. The molecule has 1 aliphatic rings. The minimum absolute atomic E-state index is 0.127. The molecule has 2 rings (SSSR count). The van der Waals surface area contributed by atoms with Crippen molar-refractivity contribution in [3.05, 3.63) is 30.3 Å². The summed E-state index contributed by atoms with van der Waals surface area (Å²) in [5.41, 5.74) is 1.21. The lowest BCUT2D eigenvalue weighted by Crippen LogP contribution is -2.44. The van der Waals surface area contributed by atoms with Crippen LogP contribution in [0.2, 0.25) is 0 Å². The SMILES string of the molecule is CC(F)(F)CSN1CCN(c2ccccc2)CC1. The van der Waals surface area contributed by atoms with Gasteiger partial charge in [0.2, 0.25) is 0 Å². The van der Waals surface area contributed by atoms with Crippen LogP contribution in [0.5, 0.6) is 0 Å². The number of hydrogen-bond acceptors (Lipinski definition) is 3. The molecule has 0 saturated carbocycles. The van der Waals surface area contributed by atoms with E-state index in [2.05, 4.69) is 17.0 Å². The van der Waals surface area contributed by atoms with Crippen LogP contribution in [-0.2, 0) is 0 Å². The van der Waals surface area contributed by atoms with E-state index in [0.29, 0.717) is 0 Å². The van der Waals surface area contributed by atoms with Crippen molar-refractivity contribution in [1.29, 1.82) is 0 Å². The third kappa shape index (κ3) is 4.14. The second kappa shape index (κ2) is 5.89. The molecular weight excluding hydrogens is 254 g/mol. The first-order chi connectivity index (χ1) is 8.54. The number of benzene rings is 1. The van der Waals surface area contributed by atoms with Gasteiger partial charge in [0.1, 0.15) is 0 Å². The molecule has 18 heavy (non-hydrogen) atoms. The first-order valence-electron chi connectivity index (χ1n) is 6.10. The van der Waals surface area contributed by atoms with Gasteiger partial charge in [-0.2, -0.15) is 0 Å². The van der Waals surface area contributed by atoms with Gasteiger partial charge < -0.3 is 4.90 Å². The highest BCUT2D eigenvalue weighted by Crippen LogP contribution is 2.24. The summed E-state index contributed by atoms with van der Waals surface area (Å²) in [5, 5.41) is 0. The molecule has 5 heteroatoms. The van der Waals surface area contributed by atoms with E-state index in [-0.39, 0.29) is 5.75 Å². The average Bonchev–Trinajstić information content (AvgIpc) is 2.37. The van der Waals surface area contributed by atoms with Crippen LogP contribution in [0.1, 0.15) is 6.92 Å². The second-order valence-electron chi connectivity index (χ2n) is 4.60. The summed E-state index contributed by atoms with van der Waals surface area (Å²) in [6, 6.07) is 10.2. The lowest BCUT2D eigenvalue weighted by molar-refractivity contribution is 0.0485. The predicted molar refractivity (Wildman–Crippen MR) is 73.3 cm³/mol. The van der Waals surface area contributed by atoms with Crippen LogP contribution in [0.25, 0.3) is 0 Å². The van der Waals surface area contributed by atoms with Crippen molar-refractivity contribution in [2.24, 2.45) is 0 Å². The van der Waals surface area contributed by atoms with Crippen LogP contribution < -0.4 is 4.90 Å². The Morgan fingerprint density at radius 1 is 1.11 bits per heavy atom. The van der Waals surface area contributed by atoms with Crippen LogP contribution >= 0.6 is 11.9 Å². The third-order valence-corrected chi connectivity index (χ3v) is 4.23. The number of piperazine rings is 1. The molecule has 0 bridgehead atoms. The van der Waals surface area contributed by atoms with E-state index in [1.54, 1.807) is 0 Å². The summed E-state index contributed by atoms with van der Waals surface area (Å²) in [6.45, 7) is 4.42. The molecule has 0 unspecified atom stereocenters. The summed E-state index contributed by atoms with van der Waals surface area (Å²) in [5.74, 6) is -2.71. The highest BCUT2D eigenvalue weighted by molar-refractivity contribution is 7.97. The quantitative estimate of drug-likeness (QED) is 0.778. The maximum atomic E-state index is 12.8. The van der Waals surface area contributed by atoms with Crippen LogP contribution in [-0.4, -0.2) is 42.2 Å². The van der Waals surface area contributed by atoms with E-state index < -0.39 is 5.92 Å². The van der Waals surface area contributed by atoms with Crippen LogP contribution in [0.15, 0.2) is 30.3 Å². The number of halogens is 2. The standard InChI is InChI=1S/C13H18F2N2S/c1-13(14,15)11-18-17-9-7-16(8-10-17)12-5-3-2-4-6-12/h2-6H,7-11H2,1H3. The lowest BCUT2D eigenvalue weighted by Gasteiger charge is -2.35. The summed E-state index contributed by atoms with van der Waals surface area (Å²) in [7, 11) is 0. The van der Waals surface area contributed by atoms with Crippen molar-refractivity contribution in [2.45, 2.75) is 12.8 Å². The molecule has 1 aromatic rings. The van der Waals surface area contributed by atoms with Gasteiger partial charge in [-0.15, -0.1) is 0 Å². The molecule has 0 atom stereocenters. The van der Waals surface area contributed by atoms with Gasteiger partial charge in [-0.3, -0.25) is 0 Å². The van der Waals surface area contributed by atoms with Gasteiger partial charge in [0.05, 0.1) is 5.75 Å². The van der Waals surface area contributed by atoms with Crippen molar-refractivity contribution in [3.63, 3.8) is 0 Å². The largest absolute Gasteiger partial charge is 0.369 e. The Bertz CT molecular complexity index is 359. The van der Waals surface area contributed by atoms with Gasteiger partial charge in [-0.1, -0.05) is 30.1 Å². The highest BCUT2D eigenvalue weighted by Gasteiger charge is 2.24. The van der Waals surface area contributed by atoms with E-state index in [9.17, 15) is 8.78 Å². The minimum Gasteiger partial charge on any atom is -0.369 e. The lowest BCUT2D eigenvalue weighted by atomic mass is 10.2. The number of nitrogens with zero attached hydrogens (tertiary/aromatic N) is 2. The molecule has 0 spiro atoms. The molecular formula is C13H18F2N2S. The Kier molecular flexibility index (Phi) is 4.45. The monoisotopic (exact) mass is 272 g/mol. The summed E-state index contributed by atoms with van der Waals surface area (Å²) < 4.78 is 27.6. The first kappa shape index (κ1) is 13.6. The Morgan fingerprint density at radius 3 is 2.28 bits per heavy atom. The number of para-hydroxylation sites is 1. The molecule has 1 aliphatic heterocycles. The zero-order valence-electron chi connectivity index (χ0n) is 10.5. The second-order valence-corrected chi connectivity index (χ2v) is 5.66. The zero-order chi connectivity index (χ0) is 13.0. The summed E-state index contributed by atoms with van der Waals surface area (Å²) in [6.07, 6.45) is 0. The maximum Gasteiger partial charge on any atom is 0.255 e. The molecule has 100 valence electrons. The molecule has 0 N–H and O–H groups in total. The average molecular weight is 272 g/mol. The predicted octanol–water partition coefficient (Wildman–Crippen LogP) is 3.11. The van der Waals surface area contributed by atoms with Crippen molar-refractivity contribution in [2.75, 3.05) is 36.8 Å². The Labute approximate surface area is 111 Å². The Hall–Kier alpha value is -0.810.